The second-order valence-corrected chi connectivity index (χ2v) is 7.16. The SMILES string of the molecule is CCNC(=NCc1ccnc(N(C)C)c1)N1CCN(c2cc(F)ccc2F)CC1.I. The van der Waals surface area contributed by atoms with E-state index in [-0.39, 0.29) is 24.0 Å². The molecular weight excluding hydrogens is 501 g/mol. The molecule has 0 amide bonds. The number of piperazine rings is 1. The third-order valence-corrected chi connectivity index (χ3v) is 4.84. The number of guanidine groups is 1. The van der Waals surface area contributed by atoms with Gasteiger partial charge in [0.15, 0.2) is 5.96 Å². The lowest BCUT2D eigenvalue weighted by Gasteiger charge is -2.37. The van der Waals surface area contributed by atoms with Gasteiger partial charge in [-0.3, -0.25) is 0 Å². The van der Waals surface area contributed by atoms with Gasteiger partial charge in [-0.15, -0.1) is 24.0 Å². The third kappa shape index (κ3) is 6.16. The van der Waals surface area contributed by atoms with Crippen LogP contribution in [0.1, 0.15) is 12.5 Å². The molecule has 1 aliphatic heterocycles. The molecule has 0 spiro atoms. The van der Waals surface area contributed by atoms with Gasteiger partial charge in [0, 0.05) is 59.1 Å². The number of nitrogens with zero attached hydrogens (tertiary/aromatic N) is 5. The van der Waals surface area contributed by atoms with Gasteiger partial charge in [0.05, 0.1) is 12.2 Å². The van der Waals surface area contributed by atoms with Crippen molar-refractivity contribution in [3.8, 4) is 0 Å². The van der Waals surface area contributed by atoms with Crippen molar-refractivity contribution in [2.45, 2.75) is 13.5 Å². The number of anilines is 2. The smallest absolute Gasteiger partial charge is 0.194 e. The molecule has 0 saturated carbocycles. The van der Waals surface area contributed by atoms with Crippen LogP contribution in [0.15, 0.2) is 41.5 Å². The van der Waals surface area contributed by atoms with E-state index in [0.717, 1.165) is 30.0 Å². The molecule has 9 heteroatoms. The Balaban J connectivity index is 0.00000320. The van der Waals surface area contributed by atoms with E-state index in [4.69, 9.17) is 4.99 Å². The van der Waals surface area contributed by atoms with Crippen molar-refractivity contribution in [1.29, 1.82) is 0 Å². The minimum atomic E-state index is -0.423. The number of pyridine rings is 1. The summed E-state index contributed by atoms with van der Waals surface area (Å²) in [4.78, 5) is 15.1. The van der Waals surface area contributed by atoms with Gasteiger partial charge < -0.3 is 20.0 Å². The molecule has 1 aliphatic rings. The summed E-state index contributed by atoms with van der Waals surface area (Å²) in [6.07, 6.45) is 1.79. The first kappa shape index (κ1) is 24.1. The Morgan fingerprint density at radius 1 is 1.13 bits per heavy atom. The van der Waals surface area contributed by atoms with E-state index < -0.39 is 11.6 Å². The molecule has 1 N–H and O–H groups in total. The van der Waals surface area contributed by atoms with Gasteiger partial charge in [0.25, 0.3) is 0 Å². The number of hydrogen-bond donors (Lipinski definition) is 1. The standard InChI is InChI=1S/C21H28F2N6.HI/c1-4-24-21(26-15-16-7-8-25-20(13-16)27(2)3)29-11-9-28(10-12-29)19-14-17(22)5-6-18(19)23;/h5-8,13-14H,4,9-12,15H2,1-3H3,(H,24,26);1H. The second-order valence-electron chi connectivity index (χ2n) is 7.16. The highest BCUT2D eigenvalue weighted by Crippen LogP contribution is 2.22. The van der Waals surface area contributed by atoms with Gasteiger partial charge in [-0.1, -0.05) is 0 Å². The molecule has 30 heavy (non-hydrogen) atoms. The number of nitrogens with one attached hydrogen (secondary N) is 1. The Hall–Kier alpha value is -2.17. The third-order valence-electron chi connectivity index (χ3n) is 4.84. The number of aliphatic imine (C=N–C) groups is 1. The van der Waals surface area contributed by atoms with E-state index >= 15 is 0 Å². The van der Waals surface area contributed by atoms with E-state index in [1.165, 1.54) is 12.1 Å². The van der Waals surface area contributed by atoms with E-state index in [1.54, 1.807) is 6.20 Å². The van der Waals surface area contributed by atoms with Crippen LogP contribution in [-0.2, 0) is 6.54 Å². The maximum atomic E-state index is 14.1. The Morgan fingerprint density at radius 2 is 1.87 bits per heavy atom. The summed E-state index contributed by atoms with van der Waals surface area (Å²) in [7, 11) is 3.92. The van der Waals surface area contributed by atoms with Crippen LogP contribution in [0.2, 0.25) is 0 Å². The fourth-order valence-electron chi connectivity index (χ4n) is 3.28. The number of rotatable bonds is 5. The monoisotopic (exact) mass is 530 g/mol. The molecule has 2 heterocycles. The molecule has 1 fully saturated rings. The summed E-state index contributed by atoms with van der Waals surface area (Å²) in [6.45, 7) is 5.91. The largest absolute Gasteiger partial charge is 0.366 e. The Kier molecular flexibility index (Phi) is 9.07. The summed E-state index contributed by atoms with van der Waals surface area (Å²) in [5.74, 6) is 0.909. The van der Waals surface area contributed by atoms with Gasteiger partial charge in [-0.25, -0.2) is 18.8 Å². The van der Waals surface area contributed by atoms with Crippen molar-refractivity contribution in [3.05, 3.63) is 53.7 Å². The molecule has 6 nitrogen and oxygen atoms in total. The van der Waals surface area contributed by atoms with Gasteiger partial charge >= 0.3 is 0 Å². The van der Waals surface area contributed by atoms with Gasteiger partial charge in [0.1, 0.15) is 17.5 Å². The minimum absolute atomic E-state index is 0. The highest BCUT2D eigenvalue weighted by molar-refractivity contribution is 14.0. The average Bonchev–Trinajstić information content (AvgIpc) is 2.73. The second kappa shape index (κ2) is 11.3. The van der Waals surface area contributed by atoms with Crippen LogP contribution in [0.5, 0.6) is 0 Å². The summed E-state index contributed by atoms with van der Waals surface area (Å²) < 4.78 is 27.6. The molecule has 164 valence electrons. The van der Waals surface area contributed by atoms with Crippen molar-refractivity contribution >= 4 is 41.4 Å². The Morgan fingerprint density at radius 3 is 2.53 bits per heavy atom. The number of hydrogen-bond acceptors (Lipinski definition) is 4. The predicted molar refractivity (Wildman–Crippen MR) is 129 cm³/mol. The van der Waals surface area contributed by atoms with Crippen molar-refractivity contribution in [1.82, 2.24) is 15.2 Å². The lowest BCUT2D eigenvalue weighted by atomic mass is 10.2. The van der Waals surface area contributed by atoms with Crippen molar-refractivity contribution < 1.29 is 8.78 Å². The Bertz CT molecular complexity index is 853. The summed E-state index contributed by atoms with van der Waals surface area (Å²) in [5.41, 5.74) is 1.40. The van der Waals surface area contributed by atoms with Crippen molar-refractivity contribution in [2.75, 3.05) is 56.6 Å². The average molecular weight is 530 g/mol. The molecule has 0 atom stereocenters. The highest BCUT2D eigenvalue weighted by Gasteiger charge is 2.22. The Labute approximate surface area is 194 Å². The molecule has 0 unspecified atom stereocenters. The molecule has 0 aliphatic carbocycles. The summed E-state index contributed by atoms with van der Waals surface area (Å²) in [6, 6.07) is 7.57. The first-order valence-corrected chi connectivity index (χ1v) is 9.83. The number of benzene rings is 1. The van der Waals surface area contributed by atoms with E-state index in [2.05, 4.69) is 15.2 Å². The van der Waals surface area contributed by atoms with Gasteiger partial charge in [-0.2, -0.15) is 0 Å². The fraction of sp³-hybridized carbons (Fsp3) is 0.429. The maximum Gasteiger partial charge on any atom is 0.194 e. The molecule has 1 aromatic heterocycles. The summed E-state index contributed by atoms with van der Waals surface area (Å²) in [5, 5.41) is 3.33. The fourth-order valence-corrected chi connectivity index (χ4v) is 3.28. The molecular formula is C21H29F2IN6. The van der Waals surface area contributed by atoms with Crippen LogP contribution in [0, 0.1) is 11.6 Å². The topological polar surface area (TPSA) is 47.0 Å². The molecule has 3 rings (SSSR count). The maximum absolute atomic E-state index is 14.1. The highest BCUT2D eigenvalue weighted by atomic mass is 127. The van der Waals surface area contributed by atoms with Crippen LogP contribution in [0.25, 0.3) is 0 Å². The van der Waals surface area contributed by atoms with Crippen LogP contribution < -0.4 is 15.1 Å². The number of aromatic nitrogens is 1. The van der Waals surface area contributed by atoms with Gasteiger partial charge in [0.2, 0.25) is 0 Å². The van der Waals surface area contributed by atoms with E-state index in [9.17, 15) is 8.78 Å². The normalized spacial score (nSPS) is 14.4. The lowest BCUT2D eigenvalue weighted by Crippen LogP contribution is -2.52. The molecule has 0 radical (unpaired) electrons. The molecule has 1 aromatic carbocycles. The zero-order valence-corrected chi connectivity index (χ0v) is 19.9. The predicted octanol–water partition coefficient (Wildman–Crippen LogP) is 3.33. The molecule has 2 aromatic rings. The number of halogens is 3. The van der Waals surface area contributed by atoms with E-state index in [1.807, 2.05) is 43.0 Å². The van der Waals surface area contributed by atoms with Crippen molar-refractivity contribution in [3.63, 3.8) is 0 Å². The van der Waals surface area contributed by atoms with Crippen LogP contribution >= 0.6 is 24.0 Å². The van der Waals surface area contributed by atoms with Gasteiger partial charge in [-0.05, 0) is 36.8 Å². The lowest BCUT2D eigenvalue weighted by molar-refractivity contribution is 0.370. The molecule has 0 bridgehead atoms. The molecule has 1 saturated heterocycles. The van der Waals surface area contributed by atoms with Crippen molar-refractivity contribution in [2.24, 2.45) is 4.99 Å². The van der Waals surface area contributed by atoms with E-state index in [0.29, 0.717) is 38.4 Å². The zero-order valence-electron chi connectivity index (χ0n) is 17.6. The summed E-state index contributed by atoms with van der Waals surface area (Å²) >= 11 is 0. The van der Waals surface area contributed by atoms with Crippen LogP contribution in [-0.4, -0.2) is 62.7 Å². The quantitative estimate of drug-likeness (QED) is 0.365. The first-order chi connectivity index (χ1) is 14.0. The van der Waals surface area contributed by atoms with Crippen LogP contribution in [0.4, 0.5) is 20.3 Å². The zero-order chi connectivity index (χ0) is 20.8. The van der Waals surface area contributed by atoms with Crippen LogP contribution in [0.3, 0.4) is 0 Å². The minimum Gasteiger partial charge on any atom is -0.366 e. The first-order valence-electron chi connectivity index (χ1n) is 9.83.